The summed E-state index contributed by atoms with van der Waals surface area (Å²) in [6.07, 6.45) is 3.84. The maximum absolute atomic E-state index is 12.4. The molecule has 2 aliphatic heterocycles. The fourth-order valence-electron chi connectivity index (χ4n) is 2.90. The Bertz CT molecular complexity index is 785. The summed E-state index contributed by atoms with van der Waals surface area (Å²) >= 11 is 1.58. The molecule has 0 spiro atoms. The average molecular weight is 299 g/mol. The van der Waals surface area contributed by atoms with Crippen molar-refractivity contribution in [3.05, 3.63) is 40.2 Å². The first kappa shape index (κ1) is 12.5. The van der Waals surface area contributed by atoms with E-state index in [-0.39, 0.29) is 18.0 Å². The number of nitrogens with one attached hydrogen (secondary N) is 1. The van der Waals surface area contributed by atoms with E-state index < -0.39 is 0 Å². The van der Waals surface area contributed by atoms with Gasteiger partial charge in [-0.2, -0.15) is 0 Å². The van der Waals surface area contributed by atoms with Gasteiger partial charge in [0.15, 0.2) is 0 Å². The molecule has 0 aliphatic carbocycles. The van der Waals surface area contributed by atoms with Crippen molar-refractivity contribution >= 4 is 34.8 Å². The van der Waals surface area contributed by atoms with Crippen LogP contribution in [0.15, 0.2) is 34.6 Å². The number of carbonyl (C=O) groups excluding carboxylic acids is 1. The molecule has 4 heterocycles. The maximum atomic E-state index is 12.4. The summed E-state index contributed by atoms with van der Waals surface area (Å²) in [6.45, 7) is 2.04. The molecule has 2 aromatic heterocycles. The summed E-state index contributed by atoms with van der Waals surface area (Å²) in [6, 6.07) is 5.96. The molecule has 4 rings (SSSR count). The molecule has 2 aliphatic rings. The number of amides is 1. The maximum Gasteiger partial charge on any atom is 0.345 e. The Morgan fingerprint density at radius 1 is 1.48 bits per heavy atom. The van der Waals surface area contributed by atoms with Crippen molar-refractivity contribution in [2.45, 2.75) is 13.1 Å². The Labute approximate surface area is 126 Å². The summed E-state index contributed by atoms with van der Waals surface area (Å²) < 4.78 is 4.08. The van der Waals surface area contributed by atoms with E-state index >= 15 is 0 Å². The summed E-state index contributed by atoms with van der Waals surface area (Å²) in [5.41, 5.74) is 1.86. The zero-order valence-electron chi connectivity index (χ0n) is 11.8. The topological polar surface area (TPSA) is 50.3 Å². The number of rotatable bonds is 1. The number of aliphatic imine (C=N–C) groups is 1. The van der Waals surface area contributed by atoms with Gasteiger partial charge in [0.1, 0.15) is 6.21 Å². The second kappa shape index (κ2) is 4.39. The molecular formula is C15H15N4OS+. The van der Waals surface area contributed by atoms with E-state index in [2.05, 4.69) is 10.3 Å². The normalized spacial score (nSPS) is 23.3. The van der Waals surface area contributed by atoms with Gasteiger partial charge in [0.2, 0.25) is 6.17 Å². The van der Waals surface area contributed by atoms with Gasteiger partial charge in [-0.3, -0.25) is 4.79 Å². The lowest BCUT2D eigenvalue weighted by Gasteiger charge is -2.27. The van der Waals surface area contributed by atoms with Crippen LogP contribution in [0.4, 0.5) is 5.82 Å². The number of hydrogen-bond donors (Lipinski definition) is 1. The molecule has 21 heavy (non-hydrogen) atoms. The van der Waals surface area contributed by atoms with E-state index in [4.69, 9.17) is 0 Å². The summed E-state index contributed by atoms with van der Waals surface area (Å²) in [7, 11) is 1.99. The molecule has 0 bridgehead atoms. The van der Waals surface area contributed by atoms with Gasteiger partial charge in [0, 0.05) is 11.9 Å². The first-order valence-corrected chi connectivity index (χ1v) is 7.72. The van der Waals surface area contributed by atoms with Crippen molar-refractivity contribution < 1.29 is 9.48 Å². The van der Waals surface area contributed by atoms with Crippen LogP contribution in [-0.2, 0) is 11.8 Å². The molecule has 2 aromatic rings. The van der Waals surface area contributed by atoms with Crippen LogP contribution in [0.25, 0.3) is 5.57 Å². The number of aromatic nitrogens is 2. The van der Waals surface area contributed by atoms with Crippen LogP contribution < -0.4 is 10.00 Å². The minimum Gasteiger partial charge on any atom is -0.311 e. The monoisotopic (exact) mass is 299 g/mol. The van der Waals surface area contributed by atoms with Crippen LogP contribution >= 0.6 is 11.3 Å². The van der Waals surface area contributed by atoms with Crippen LogP contribution in [0.1, 0.15) is 16.7 Å². The predicted octanol–water partition coefficient (Wildman–Crippen LogP) is 1.73. The van der Waals surface area contributed by atoms with Crippen LogP contribution in [0.2, 0.25) is 0 Å². The van der Waals surface area contributed by atoms with Gasteiger partial charge in [-0.05, 0) is 18.4 Å². The number of fused-ring (bicyclic) bond motifs is 3. The highest BCUT2D eigenvalue weighted by molar-refractivity contribution is 7.11. The fraction of sp³-hybridized carbons (Fsp3) is 0.267. The second-order valence-corrected chi connectivity index (χ2v) is 6.29. The Morgan fingerprint density at radius 3 is 3.10 bits per heavy atom. The van der Waals surface area contributed by atoms with Gasteiger partial charge in [-0.15, -0.1) is 16.0 Å². The third kappa shape index (κ3) is 1.79. The lowest BCUT2D eigenvalue weighted by Crippen LogP contribution is -2.60. The molecule has 5 nitrogen and oxygen atoms in total. The van der Waals surface area contributed by atoms with E-state index in [0.717, 1.165) is 22.0 Å². The molecule has 0 aromatic carbocycles. The van der Waals surface area contributed by atoms with Crippen LogP contribution in [0.5, 0.6) is 0 Å². The highest BCUT2D eigenvalue weighted by Gasteiger charge is 2.40. The lowest BCUT2D eigenvalue weighted by atomic mass is 9.96. The first-order chi connectivity index (χ1) is 10.1. The van der Waals surface area contributed by atoms with Gasteiger partial charge in [0.05, 0.1) is 23.3 Å². The first-order valence-electron chi connectivity index (χ1n) is 6.84. The largest absolute Gasteiger partial charge is 0.345 e. The third-order valence-electron chi connectivity index (χ3n) is 4.08. The van der Waals surface area contributed by atoms with Gasteiger partial charge in [0.25, 0.3) is 5.91 Å². The molecule has 2 unspecified atom stereocenters. The van der Waals surface area contributed by atoms with Crippen molar-refractivity contribution in [2.24, 2.45) is 18.0 Å². The molecular weight excluding hydrogens is 284 g/mol. The number of thiophene rings is 1. The van der Waals surface area contributed by atoms with Gasteiger partial charge in [-0.1, -0.05) is 17.1 Å². The smallest absolute Gasteiger partial charge is 0.311 e. The minimum atomic E-state index is -0.104. The molecule has 6 heteroatoms. The van der Waals surface area contributed by atoms with Gasteiger partial charge in [-0.25, -0.2) is 4.68 Å². The standard InChI is InChI=1S/C15H14N4OS/c1-9-6-13-16-8-10-7-11(12-4-3-5-21-12)15(20)17-14(10)19(13)18(9)2/h3-8,10,14H,1-2H3/p+1. The minimum absolute atomic E-state index is 0.0219. The Kier molecular flexibility index (Phi) is 2.62. The molecule has 0 fully saturated rings. The zero-order valence-corrected chi connectivity index (χ0v) is 12.6. The van der Waals surface area contributed by atoms with Crippen molar-refractivity contribution in [3.8, 4) is 0 Å². The number of aryl methyl sites for hydroxylation is 1. The van der Waals surface area contributed by atoms with Crippen molar-refractivity contribution in [3.63, 3.8) is 0 Å². The van der Waals surface area contributed by atoms with E-state index in [0.29, 0.717) is 0 Å². The van der Waals surface area contributed by atoms with Crippen molar-refractivity contribution in [2.75, 3.05) is 0 Å². The molecule has 106 valence electrons. The summed E-state index contributed by atoms with van der Waals surface area (Å²) in [4.78, 5) is 18.0. The number of hydrogen-bond acceptors (Lipinski definition) is 3. The van der Waals surface area contributed by atoms with Crippen LogP contribution in [-0.4, -0.2) is 16.8 Å². The van der Waals surface area contributed by atoms with Gasteiger partial charge < -0.3 is 5.32 Å². The molecule has 1 amide bonds. The Morgan fingerprint density at radius 2 is 2.33 bits per heavy atom. The summed E-state index contributed by atoms with van der Waals surface area (Å²) in [5, 5.41) is 5.10. The average Bonchev–Trinajstić information content (AvgIpc) is 3.08. The number of carbonyl (C=O) groups is 1. The van der Waals surface area contributed by atoms with Crippen LogP contribution in [0, 0.1) is 12.8 Å². The van der Waals surface area contributed by atoms with E-state index in [1.54, 1.807) is 11.3 Å². The second-order valence-electron chi connectivity index (χ2n) is 5.34. The SMILES string of the molecule is Cc1cc2[n+](n1C)C1NC(=O)C(c3cccs3)=CC1C=N2. The molecule has 0 saturated heterocycles. The van der Waals surface area contributed by atoms with Crippen molar-refractivity contribution in [1.29, 1.82) is 0 Å². The van der Waals surface area contributed by atoms with E-state index in [1.807, 2.05) is 59.2 Å². The quantitative estimate of drug-likeness (QED) is 0.801. The summed E-state index contributed by atoms with van der Waals surface area (Å²) in [5.74, 6) is 0.932. The lowest BCUT2D eigenvalue weighted by molar-refractivity contribution is -0.792. The molecule has 0 radical (unpaired) electrons. The molecule has 1 N–H and O–H groups in total. The van der Waals surface area contributed by atoms with E-state index in [9.17, 15) is 4.79 Å². The number of nitrogens with zero attached hydrogens (tertiary/aromatic N) is 3. The Hall–Kier alpha value is -2.21. The predicted molar refractivity (Wildman–Crippen MR) is 81.5 cm³/mol. The zero-order chi connectivity index (χ0) is 14.6. The molecule has 0 saturated carbocycles. The third-order valence-corrected chi connectivity index (χ3v) is 4.99. The van der Waals surface area contributed by atoms with Gasteiger partial charge >= 0.3 is 5.82 Å². The highest BCUT2D eigenvalue weighted by Crippen LogP contribution is 2.31. The van der Waals surface area contributed by atoms with Crippen LogP contribution in [0.3, 0.4) is 0 Å². The fourth-order valence-corrected chi connectivity index (χ4v) is 3.65. The Balaban J connectivity index is 1.81. The van der Waals surface area contributed by atoms with E-state index in [1.165, 1.54) is 0 Å². The van der Waals surface area contributed by atoms with Crippen molar-refractivity contribution in [1.82, 2.24) is 10.00 Å². The highest BCUT2D eigenvalue weighted by atomic mass is 32.1. The molecule has 2 atom stereocenters.